The van der Waals surface area contributed by atoms with Gasteiger partial charge in [0.2, 0.25) is 17.7 Å². The molecule has 1 saturated carbocycles. The number of halogens is 1. The monoisotopic (exact) mass is 807 g/mol. The number of rotatable bonds is 9. The molecule has 4 aliphatic heterocycles. The lowest BCUT2D eigenvalue weighted by Gasteiger charge is -2.39. The van der Waals surface area contributed by atoms with Crippen LogP contribution in [0.1, 0.15) is 84.6 Å². The highest BCUT2D eigenvalue weighted by Gasteiger charge is 2.45. The smallest absolute Gasteiger partial charge is 0.262 e. The fourth-order valence-corrected chi connectivity index (χ4v) is 9.02. The van der Waals surface area contributed by atoms with Gasteiger partial charge in [-0.05, 0) is 93.3 Å². The second-order valence-electron chi connectivity index (χ2n) is 16.3. The number of piperidine rings is 2. The third-order valence-corrected chi connectivity index (χ3v) is 12.8. The Balaban J connectivity index is 0.762. The lowest BCUT2D eigenvalue weighted by molar-refractivity contribution is -0.136. The third kappa shape index (κ3) is 8.08. The molecule has 1 atom stereocenters. The Morgan fingerprint density at radius 1 is 0.897 bits per heavy atom. The Morgan fingerprint density at radius 3 is 2.31 bits per heavy atom. The van der Waals surface area contributed by atoms with Crippen LogP contribution in [0.15, 0.2) is 48.5 Å². The average Bonchev–Trinajstić information content (AvgIpc) is 3.47. The Labute approximate surface area is 341 Å². The molecule has 1 aromatic heterocycles. The summed E-state index contributed by atoms with van der Waals surface area (Å²) in [6.07, 6.45) is 5.02. The fourth-order valence-electron chi connectivity index (χ4n) is 8.81. The zero-order chi connectivity index (χ0) is 40.6. The van der Waals surface area contributed by atoms with Crippen LogP contribution in [0.3, 0.4) is 0 Å². The van der Waals surface area contributed by atoms with Crippen molar-refractivity contribution in [2.24, 2.45) is 11.3 Å². The van der Waals surface area contributed by atoms with Crippen molar-refractivity contribution in [2.75, 3.05) is 60.9 Å². The Kier molecular flexibility index (Phi) is 11.1. The molecule has 15 nitrogen and oxygen atoms in total. The normalized spacial score (nSPS) is 24.3. The van der Waals surface area contributed by atoms with Crippen molar-refractivity contribution in [1.29, 1.82) is 5.26 Å². The number of carbonyl (C=O) groups is 5. The second-order valence-corrected chi connectivity index (χ2v) is 16.7. The predicted molar refractivity (Wildman–Crippen MR) is 215 cm³/mol. The second kappa shape index (κ2) is 16.3. The van der Waals surface area contributed by atoms with Gasteiger partial charge in [-0.2, -0.15) is 5.26 Å². The number of nitriles is 1. The molecule has 8 rings (SSSR count). The maximum Gasteiger partial charge on any atom is 0.262 e. The van der Waals surface area contributed by atoms with Crippen molar-refractivity contribution < 1.29 is 28.7 Å². The van der Waals surface area contributed by atoms with Crippen molar-refractivity contribution in [2.45, 2.75) is 70.4 Å². The van der Waals surface area contributed by atoms with E-state index in [1.807, 2.05) is 25.1 Å². The summed E-state index contributed by atoms with van der Waals surface area (Å²) >= 11 is 6.16. The highest BCUT2D eigenvalue weighted by molar-refractivity contribution is 6.31. The minimum Gasteiger partial charge on any atom is -0.490 e. The number of benzene rings is 2. The maximum atomic E-state index is 13.4. The molecule has 3 saturated heterocycles. The van der Waals surface area contributed by atoms with Crippen LogP contribution in [0.25, 0.3) is 0 Å². The maximum absolute atomic E-state index is 13.4. The molecule has 5 amide bonds. The number of piperazine rings is 1. The van der Waals surface area contributed by atoms with E-state index in [-0.39, 0.29) is 30.4 Å². The van der Waals surface area contributed by atoms with E-state index in [2.05, 4.69) is 41.6 Å². The largest absolute Gasteiger partial charge is 0.490 e. The molecule has 5 aliphatic rings. The topological polar surface area (TPSA) is 181 Å². The summed E-state index contributed by atoms with van der Waals surface area (Å²) < 4.78 is 6.11. The van der Waals surface area contributed by atoms with E-state index >= 15 is 0 Å². The van der Waals surface area contributed by atoms with Crippen molar-refractivity contribution in [3.63, 3.8) is 0 Å². The molecule has 3 aromatic rings. The van der Waals surface area contributed by atoms with E-state index in [1.54, 1.807) is 30.3 Å². The van der Waals surface area contributed by atoms with Crippen LogP contribution in [0.5, 0.6) is 5.75 Å². The molecule has 4 fully saturated rings. The Hall–Kier alpha value is -5.59. The van der Waals surface area contributed by atoms with Gasteiger partial charge in [0.1, 0.15) is 17.9 Å². The molecule has 16 heteroatoms. The van der Waals surface area contributed by atoms with Crippen molar-refractivity contribution >= 4 is 58.5 Å². The fraction of sp³-hybridized carbons (Fsp3) is 0.476. The van der Waals surface area contributed by atoms with Gasteiger partial charge in [0.25, 0.3) is 11.8 Å². The molecule has 5 heterocycles. The van der Waals surface area contributed by atoms with Crippen molar-refractivity contribution in [1.82, 2.24) is 25.3 Å². The SMILES string of the molecule is CC1(C(=O)Nc2ccc(N3CCC(CN4CCN(c5ccc6c(c5)C(=O)N(C5CCC(=O)NC5=O)C6=O)CC4)CC3)nn2)CCC(Oc2ccc(C#N)c(Cl)c2)CC1. The molecular formula is C42H46ClN9O6. The summed E-state index contributed by atoms with van der Waals surface area (Å²) in [4.78, 5) is 71.8. The number of aromatic nitrogens is 2. The molecule has 0 bridgehead atoms. The summed E-state index contributed by atoms with van der Waals surface area (Å²) in [5.74, 6) is 0.339. The molecule has 2 N–H and O–H groups in total. The Morgan fingerprint density at radius 2 is 1.64 bits per heavy atom. The van der Waals surface area contributed by atoms with Crippen molar-refractivity contribution in [3.05, 3.63) is 70.2 Å². The van der Waals surface area contributed by atoms with Gasteiger partial charge >= 0.3 is 0 Å². The zero-order valence-electron chi connectivity index (χ0n) is 32.4. The molecular weight excluding hydrogens is 762 g/mol. The zero-order valence-corrected chi connectivity index (χ0v) is 33.2. The van der Waals surface area contributed by atoms with E-state index in [0.29, 0.717) is 46.5 Å². The number of nitrogens with zero attached hydrogens (tertiary/aromatic N) is 7. The summed E-state index contributed by atoms with van der Waals surface area (Å²) in [5.41, 5.74) is 1.32. The average molecular weight is 808 g/mol. The number of imide groups is 2. The summed E-state index contributed by atoms with van der Waals surface area (Å²) in [7, 11) is 0. The van der Waals surface area contributed by atoms with Crippen LogP contribution >= 0.6 is 11.6 Å². The van der Waals surface area contributed by atoms with Gasteiger partial charge < -0.3 is 19.9 Å². The molecule has 0 radical (unpaired) electrons. The van der Waals surface area contributed by atoms with Crippen LogP contribution in [0.2, 0.25) is 5.02 Å². The molecule has 2 aromatic carbocycles. The summed E-state index contributed by atoms with van der Waals surface area (Å²) in [5, 5.41) is 23.5. The quantitative estimate of drug-likeness (QED) is 0.291. The van der Waals surface area contributed by atoms with E-state index in [9.17, 15) is 24.0 Å². The molecule has 302 valence electrons. The molecule has 1 unspecified atom stereocenters. The highest BCUT2D eigenvalue weighted by atomic mass is 35.5. The van der Waals surface area contributed by atoms with Gasteiger partial charge in [-0.25, -0.2) is 0 Å². The number of nitrogens with one attached hydrogen (secondary N) is 2. The van der Waals surface area contributed by atoms with Crippen LogP contribution in [-0.2, 0) is 14.4 Å². The lowest BCUT2D eigenvalue weighted by atomic mass is 9.74. The van der Waals surface area contributed by atoms with E-state index < -0.39 is 35.1 Å². The first kappa shape index (κ1) is 39.2. The first-order valence-corrected chi connectivity index (χ1v) is 20.5. The molecule has 58 heavy (non-hydrogen) atoms. The van der Waals surface area contributed by atoms with Gasteiger partial charge in [-0.1, -0.05) is 18.5 Å². The minimum atomic E-state index is -0.977. The van der Waals surface area contributed by atoms with Gasteiger partial charge in [-0.3, -0.25) is 39.1 Å². The van der Waals surface area contributed by atoms with E-state index in [4.69, 9.17) is 21.6 Å². The number of carbonyl (C=O) groups excluding carboxylic acids is 5. The van der Waals surface area contributed by atoms with E-state index in [1.165, 1.54) is 0 Å². The number of ether oxygens (including phenoxy) is 1. The van der Waals surface area contributed by atoms with Crippen LogP contribution < -0.4 is 25.2 Å². The van der Waals surface area contributed by atoms with Gasteiger partial charge in [0, 0.05) is 69.4 Å². The molecule has 0 spiro atoms. The number of fused-ring (bicyclic) bond motifs is 1. The third-order valence-electron chi connectivity index (χ3n) is 12.5. The Bertz CT molecular complexity index is 2150. The summed E-state index contributed by atoms with van der Waals surface area (Å²) in [6, 6.07) is 15.2. The predicted octanol–water partition coefficient (Wildman–Crippen LogP) is 4.41. The lowest BCUT2D eigenvalue weighted by Crippen LogP contribution is -2.54. The van der Waals surface area contributed by atoms with E-state index in [0.717, 1.165) is 87.9 Å². The van der Waals surface area contributed by atoms with Gasteiger partial charge in [-0.15, -0.1) is 10.2 Å². The number of anilines is 3. The number of hydrogen-bond donors (Lipinski definition) is 2. The number of amides is 5. The van der Waals surface area contributed by atoms with Gasteiger partial charge in [0.05, 0.1) is 27.8 Å². The van der Waals surface area contributed by atoms with Crippen molar-refractivity contribution in [3.8, 4) is 11.8 Å². The molecule has 1 aliphatic carbocycles. The van der Waals surface area contributed by atoms with Gasteiger partial charge in [0.15, 0.2) is 11.6 Å². The summed E-state index contributed by atoms with van der Waals surface area (Å²) in [6.45, 7) is 8.08. The highest BCUT2D eigenvalue weighted by Crippen LogP contribution is 2.39. The van der Waals surface area contributed by atoms with Crippen LogP contribution in [0, 0.1) is 22.7 Å². The van der Waals surface area contributed by atoms with Crippen LogP contribution in [-0.4, -0.2) is 107 Å². The minimum absolute atomic E-state index is 0.0347. The first-order chi connectivity index (χ1) is 28.0. The number of hydrogen-bond acceptors (Lipinski definition) is 12. The first-order valence-electron chi connectivity index (χ1n) is 20.1. The van der Waals surface area contributed by atoms with Crippen LogP contribution in [0.4, 0.5) is 17.3 Å². The standard InChI is InChI=1S/C42H46ClN9O6/c1-42(14-10-29(11-15-42)58-30-4-2-27(24-44)33(43)23-30)41(57)45-35-7-8-36(48-47-35)51-16-12-26(13-17-51)25-49-18-20-50(21-19-49)28-3-5-31-32(22-28)40(56)52(39(31)55)34-6-9-37(53)46-38(34)54/h2-5,7-8,22-23,26,29,34H,6,9-21,25H2,1H3,(H,45,47,57)(H,46,53,54).